The number of nitrogens with one attached hydrogen (secondary N) is 1. The van der Waals surface area contributed by atoms with Gasteiger partial charge in [-0.1, -0.05) is 11.2 Å². The van der Waals surface area contributed by atoms with E-state index in [1.807, 2.05) is 0 Å². The Hall–Kier alpha value is -4.31. The Labute approximate surface area is 209 Å². The van der Waals surface area contributed by atoms with E-state index in [2.05, 4.69) is 15.5 Å². The highest BCUT2D eigenvalue weighted by molar-refractivity contribution is 8.00. The standard InChI is InChI=1S/C20H17N5O9S2/c21-20-22-8(6-36-20)12(24-34-14(19(32)33)7-1-2-10(26)11(27)5-7)15(28)23-13-16(29)25-9(18(30)31)3-4-35-17(13)25/h1-3,5-6,13-14,17,26-27H,4H2,(H2,21,22)(H,23,28)(H,30,31)(H,32,33)/b24-12+. The van der Waals surface area contributed by atoms with Crippen LogP contribution in [-0.4, -0.2) is 76.9 Å². The first-order valence-electron chi connectivity index (χ1n) is 9.97. The minimum atomic E-state index is -1.78. The fourth-order valence-corrected chi connectivity index (χ4v) is 5.15. The maximum absolute atomic E-state index is 13.1. The van der Waals surface area contributed by atoms with Crippen LogP contribution >= 0.6 is 23.1 Å². The minimum absolute atomic E-state index is 0.0567. The second kappa shape index (κ2) is 9.74. The van der Waals surface area contributed by atoms with Gasteiger partial charge in [-0.3, -0.25) is 14.5 Å². The van der Waals surface area contributed by atoms with Gasteiger partial charge in [0, 0.05) is 16.7 Å². The number of amides is 2. The van der Waals surface area contributed by atoms with Gasteiger partial charge in [-0.25, -0.2) is 14.6 Å². The van der Waals surface area contributed by atoms with Crippen LogP contribution in [0, 0.1) is 0 Å². The zero-order valence-electron chi connectivity index (χ0n) is 17.9. The van der Waals surface area contributed by atoms with Gasteiger partial charge in [0.1, 0.15) is 22.8 Å². The molecule has 14 nitrogen and oxygen atoms in total. The van der Waals surface area contributed by atoms with Crippen LogP contribution in [0.15, 0.2) is 40.5 Å². The maximum atomic E-state index is 13.1. The van der Waals surface area contributed by atoms with Crippen molar-refractivity contribution in [1.82, 2.24) is 15.2 Å². The molecule has 2 aliphatic rings. The first-order valence-corrected chi connectivity index (χ1v) is 11.9. The number of phenols is 2. The second-order valence-corrected chi connectivity index (χ2v) is 9.40. The topological polar surface area (TPSA) is 225 Å². The van der Waals surface area contributed by atoms with Crippen molar-refractivity contribution in [3.8, 4) is 11.5 Å². The summed E-state index contributed by atoms with van der Waals surface area (Å²) in [7, 11) is 0. The number of thioether (sulfide) groups is 1. The van der Waals surface area contributed by atoms with E-state index in [0.717, 1.165) is 28.4 Å². The number of β-lactam (4-membered cyclic amide) rings is 1. The van der Waals surface area contributed by atoms with Crippen molar-refractivity contribution in [3.05, 3.63) is 46.6 Å². The van der Waals surface area contributed by atoms with Crippen LogP contribution in [0.25, 0.3) is 0 Å². The zero-order valence-corrected chi connectivity index (χ0v) is 19.5. The monoisotopic (exact) mass is 535 g/mol. The van der Waals surface area contributed by atoms with E-state index in [-0.39, 0.29) is 22.1 Å². The Kier molecular flexibility index (Phi) is 6.71. The lowest BCUT2D eigenvalue weighted by molar-refractivity contribution is -0.151. The third kappa shape index (κ3) is 4.63. The molecule has 16 heteroatoms. The molecule has 0 spiro atoms. The first-order chi connectivity index (χ1) is 17.1. The molecule has 3 heterocycles. The highest BCUT2D eigenvalue weighted by Crippen LogP contribution is 2.37. The molecule has 2 amide bonds. The number of nitrogens with two attached hydrogens (primary N) is 1. The Morgan fingerprint density at radius 2 is 2.00 bits per heavy atom. The van der Waals surface area contributed by atoms with Gasteiger partial charge in [-0.2, -0.15) is 0 Å². The number of carboxylic acids is 2. The molecule has 1 aromatic carbocycles. The van der Waals surface area contributed by atoms with Crippen molar-refractivity contribution < 1.29 is 44.4 Å². The number of carboxylic acid groups (broad SMARTS) is 2. The van der Waals surface area contributed by atoms with Crippen molar-refractivity contribution in [2.24, 2.45) is 5.16 Å². The van der Waals surface area contributed by atoms with E-state index in [4.69, 9.17) is 10.6 Å². The number of aromatic hydroxyl groups is 2. The van der Waals surface area contributed by atoms with Gasteiger partial charge in [0.2, 0.25) is 6.10 Å². The molecule has 3 unspecified atom stereocenters. The predicted molar refractivity (Wildman–Crippen MR) is 125 cm³/mol. The van der Waals surface area contributed by atoms with Crippen LogP contribution in [0.1, 0.15) is 17.4 Å². The molecule has 0 aliphatic carbocycles. The summed E-state index contributed by atoms with van der Waals surface area (Å²) >= 11 is 2.22. The molecule has 0 radical (unpaired) electrons. The normalized spacial score (nSPS) is 20.0. The Balaban J connectivity index is 1.58. The lowest BCUT2D eigenvalue weighted by atomic mass is 10.0. The van der Waals surface area contributed by atoms with Crippen LogP contribution in [0.2, 0.25) is 0 Å². The third-order valence-corrected chi connectivity index (χ3v) is 6.97. The number of oxime groups is 1. The van der Waals surface area contributed by atoms with Gasteiger partial charge in [0.05, 0.1) is 0 Å². The van der Waals surface area contributed by atoms with Crippen LogP contribution < -0.4 is 11.1 Å². The summed E-state index contributed by atoms with van der Waals surface area (Å²) in [4.78, 5) is 58.9. The predicted octanol–water partition coefficient (Wildman–Crippen LogP) is 0.0515. The highest BCUT2D eigenvalue weighted by Gasteiger charge is 2.53. The van der Waals surface area contributed by atoms with E-state index < -0.39 is 58.5 Å². The molecule has 1 saturated heterocycles. The molecule has 1 fully saturated rings. The Morgan fingerprint density at radius 1 is 1.25 bits per heavy atom. The van der Waals surface area contributed by atoms with Crippen molar-refractivity contribution in [3.63, 3.8) is 0 Å². The summed E-state index contributed by atoms with van der Waals surface area (Å²) in [5.74, 6) is -5.13. The zero-order chi connectivity index (χ0) is 26.1. The molecule has 4 rings (SSSR count). The molecule has 188 valence electrons. The summed E-state index contributed by atoms with van der Waals surface area (Å²) in [6, 6.07) is 2.12. The number of carbonyl (C=O) groups excluding carboxylic acids is 2. The summed E-state index contributed by atoms with van der Waals surface area (Å²) in [5, 5.41) is 44.9. The molecule has 0 bridgehead atoms. The van der Waals surface area contributed by atoms with Crippen LogP contribution in [0.5, 0.6) is 11.5 Å². The smallest absolute Gasteiger partial charge is 0.352 e. The van der Waals surface area contributed by atoms with Crippen LogP contribution in [-0.2, 0) is 24.0 Å². The first kappa shape index (κ1) is 24.8. The number of benzene rings is 1. The quantitative estimate of drug-likeness (QED) is 0.114. The average Bonchev–Trinajstić information content (AvgIpc) is 3.26. The number of hydrogen-bond acceptors (Lipinski definition) is 12. The lowest BCUT2D eigenvalue weighted by Crippen LogP contribution is -2.70. The number of nitrogen functional groups attached to an aromatic ring is 1. The fraction of sp³-hybridized carbons (Fsp3) is 0.200. The SMILES string of the molecule is Nc1nc(/C(=N\OC(C(=O)O)c2ccc(O)c(O)c2)C(=O)NC2C(=O)N3C(C(=O)O)=CCSC23)cs1. The third-order valence-electron chi connectivity index (χ3n) is 5.11. The number of hydrogen-bond donors (Lipinski definition) is 6. The largest absolute Gasteiger partial charge is 0.504 e. The highest BCUT2D eigenvalue weighted by atomic mass is 32.2. The van der Waals surface area contributed by atoms with Gasteiger partial charge in [0.15, 0.2) is 22.3 Å². The number of nitrogens with zero attached hydrogens (tertiary/aromatic N) is 3. The lowest BCUT2D eigenvalue weighted by Gasteiger charge is -2.48. The molecule has 36 heavy (non-hydrogen) atoms. The number of thiazole rings is 1. The number of carbonyl (C=O) groups is 4. The van der Waals surface area contributed by atoms with Crippen molar-refractivity contribution in [2.75, 3.05) is 11.5 Å². The van der Waals surface area contributed by atoms with Crippen LogP contribution in [0.3, 0.4) is 0 Å². The number of fused-ring (bicyclic) bond motifs is 1. The molecule has 2 aliphatic heterocycles. The number of aliphatic carboxylic acids is 2. The number of rotatable bonds is 8. The van der Waals surface area contributed by atoms with Crippen molar-refractivity contribution in [1.29, 1.82) is 0 Å². The van der Waals surface area contributed by atoms with E-state index in [1.54, 1.807) is 0 Å². The number of aromatic nitrogens is 1. The van der Waals surface area contributed by atoms with Gasteiger partial charge >= 0.3 is 11.9 Å². The molecule has 3 atom stereocenters. The second-order valence-electron chi connectivity index (χ2n) is 7.36. The molecule has 0 saturated carbocycles. The van der Waals surface area contributed by atoms with Crippen molar-refractivity contribution >= 4 is 57.7 Å². The van der Waals surface area contributed by atoms with Crippen molar-refractivity contribution in [2.45, 2.75) is 17.5 Å². The van der Waals surface area contributed by atoms with Crippen LogP contribution in [0.4, 0.5) is 5.13 Å². The molecule has 7 N–H and O–H groups in total. The Morgan fingerprint density at radius 3 is 2.61 bits per heavy atom. The summed E-state index contributed by atoms with van der Waals surface area (Å²) in [5.41, 5.74) is 4.83. The maximum Gasteiger partial charge on any atom is 0.352 e. The fourth-order valence-electron chi connectivity index (χ4n) is 3.41. The van der Waals surface area contributed by atoms with E-state index >= 15 is 0 Å². The van der Waals surface area contributed by atoms with E-state index in [1.165, 1.54) is 29.3 Å². The molecule has 2 aromatic rings. The summed E-state index contributed by atoms with van der Waals surface area (Å²) < 4.78 is 0. The van der Waals surface area contributed by atoms with Gasteiger partial charge < -0.3 is 36.3 Å². The van der Waals surface area contributed by atoms with Gasteiger partial charge in [-0.05, 0) is 18.2 Å². The minimum Gasteiger partial charge on any atom is -0.504 e. The average molecular weight is 536 g/mol. The molecular weight excluding hydrogens is 518 g/mol. The number of anilines is 1. The molecular formula is C20H17N5O9S2. The van der Waals surface area contributed by atoms with Gasteiger partial charge in [0.25, 0.3) is 11.8 Å². The van der Waals surface area contributed by atoms with Gasteiger partial charge in [-0.15, -0.1) is 23.1 Å². The summed E-state index contributed by atoms with van der Waals surface area (Å²) in [6.45, 7) is 0. The Bertz CT molecular complexity index is 1320. The van der Waals surface area contributed by atoms with E-state index in [0.29, 0.717) is 5.75 Å². The van der Waals surface area contributed by atoms with E-state index in [9.17, 15) is 39.6 Å². The number of phenolic OH excluding ortho intramolecular Hbond substituents is 2. The molecule has 1 aromatic heterocycles. The summed E-state index contributed by atoms with van der Waals surface area (Å²) in [6.07, 6.45) is -0.390.